The van der Waals surface area contributed by atoms with Crippen LogP contribution in [-0.4, -0.2) is 9.97 Å². The highest BCUT2D eigenvalue weighted by molar-refractivity contribution is 7.71. The summed E-state index contributed by atoms with van der Waals surface area (Å²) in [4.78, 5) is 5.25. The Morgan fingerprint density at radius 3 is 2.50 bits per heavy atom. The summed E-state index contributed by atoms with van der Waals surface area (Å²) in [7, 11) is 0. The first kappa shape index (κ1) is 9.47. The lowest BCUT2D eigenvalue weighted by Crippen LogP contribution is -2.08. The number of nitrogens with one attached hydrogen (secondary N) is 1. The smallest absolute Gasteiger partial charge is 0.327 e. The highest BCUT2D eigenvalue weighted by atomic mass is 35.5. The molecule has 1 aromatic rings. The molecule has 66 valence electrons. The van der Waals surface area contributed by atoms with Crippen molar-refractivity contribution in [3.63, 3.8) is 0 Å². The van der Waals surface area contributed by atoms with Gasteiger partial charge in [-0.05, 0) is 12.2 Å². The van der Waals surface area contributed by atoms with E-state index < -0.39 is 11.9 Å². The molecule has 1 rings (SSSR count). The predicted octanol–water partition coefficient (Wildman–Crippen LogP) is 2.81. The standard InChI is InChI=1S/C5H2ClF3N2S/c6-3-1-2(5(7,8)9)10-4(12)11-3/h1H,(H,10,11,12). The van der Waals surface area contributed by atoms with Crippen LogP contribution in [-0.2, 0) is 6.18 Å². The van der Waals surface area contributed by atoms with Crippen molar-refractivity contribution < 1.29 is 13.2 Å². The Morgan fingerprint density at radius 2 is 2.08 bits per heavy atom. The molecular formula is C5H2ClF3N2S. The van der Waals surface area contributed by atoms with Crippen molar-refractivity contribution in [1.82, 2.24) is 9.97 Å². The number of halogens is 4. The number of nitrogens with zero attached hydrogens (tertiary/aromatic N) is 1. The molecule has 7 heteroatoms. The van der Waals surface area contributed by atoms with E-state index in [-0.39, 0.29) is 9.92 Å². The summed E-state index contributed by atoms with van der Waals surface area (Å²) in [6.45, 7) is 0. The highest BCUT2D eigenvalue weighted by Crippen LogP contribution is 2.28. The van der Waals surface area contributed by atoms with Gasteiger partial charge in [-0.15, -0.1) is 0 Å². The predicted molar refractivity (Wildman–Crippen MR) is 39.4 cm³/mol. The molecule has 0 radical (unpaired) electrons. The molecule has 0 aromatic carbocycles. The zero-order chi connectivity index (χ0) is 9.35. The quantitative estimate of drug-likeness (QED) is 0.531. The Morgan fingerprint density at radius 1 is 1.50 bits per heavy atom. The lowest BCUT2D eigenvalue weighted by atomic mass is 10.4. The third-order valence-electron chi connectivity index (χ3n) is 1.02. The molecule has 0 fully saturated rings. The fraction of sp³-hybridized carbons (Fsp3) is 0.200. The Hall–Kier alpha value is -0.620. The van der Waals surface area contributed by atoms with Gasteiger partial charge in [0.25, 0.3) is 0 Å². The summed E-state index contributed by atoms with van der Waals surface area (Å²) in [6, 6.07) is 0.678. The first-order chi connectivity index (χ1) is 5.39. The first-order valence-corrected chi connectivity index (χ1v) is 3.52. The molecule has 0 aliphatic heterocycles. The number of aromatic nitrogens is 2. The molecule has 0 unspecified atom stereocenters. The number of alkyl halides is 3. The van der Waals surface area contributed by atoms with E-state index in [0.717, 1.165) is 0 Å². The number of aromatic amines is 1. The summed E-state index contributed by atoms with van der Waals surface area (Å²) in [6.07, 6.45) is -4.47. The van der Waals surface area contributed by atoms with E-state index >= 15 is 0 Å². The summed E-state index contributed by atoms with van der Waals surface area (Å²) in [5, 5.41) is -0.272. The molecule has 0 saturated carbocycles. The van der Waals surface area contributed by atoms with Crippen molar-refractivity contribution in [2.75, 3.05) is 0 Å². The van der Waals surface area contributed by atoms with Gasteiger partial charge in [-0.3, -0.25) is 0 Å². The Kier molecular flexibility index (Phi) is 2.39. The first-order valence-electron chi connectivity index (χ1n) is 2.73. The monoisotopic (exact) mass is 214 g/mol. The van der Waals surface area contributed by atoms with Gasteiger partial charge in [0.15, 0.2) is 4.77 Å². The largest absolute Gasteiger partial charge is 0.431 e. The average molecular weight is 215 g/mol. The van der Waals surface area contributed by atoms with Crippen molar-refractivity contribution in [3.8, 4) is 0 Å². The van der Waals surface area contributed by atoms with Crippen LogP contribution in [0, 0.1) is 4.77 Å². The van der Waals surface area contributed by atoms with Crippen LogP contribution >= 0.6 is 23.8 Å². The molecule has 0 bridgehead atoms. The van der Waals surface area contributed by atoms with Crippen molar-refractivity contribution >= 4 is 23.8 Å². The molecule has 1 heterocycles. The van der Waals surface area contributed by atoms with Crippen molar-refractivity contribution in [2.24, 2.45) is 0 Å². The summed E-state index contributed by atoms with van der Waals surface area (Å²) < 4.78 is 35.7. The summed E-state index contributed by atoms with van der Waals surface area (Å²) in [5.74, 6) is 0. The van der Waals surface area contributed by atoms with Gasteiger partial charge in [0.2, 0.25) is 0 Å². The van der Waals surface area contributed by atoms with Gasteiger partial charge in [-0.1, -0.05) is 11.6 Å². The van der Waals surface area contributed by atoms with Gasteiger partial charge in [0.1, 0.15) is 10.8 Å². The molecule has 1 N–H and O–H groups in total. The minimum atomic E-state index is -4.47. The molecule has 0 amide bonds. The molecule has 0 aliphatic carbocycles. The zero-order valence-corrected chi connectivity index (χ0v) is 7.02. The number of rotatable bonds is 0. The van der Waals surface area contributed by atoms with Crippen LogP contribution < -0.4 is 0 Å². The van der Waals surface area contributed by atoms with E-state index in [9.17, 15) is 13.2 Å². The van der Waals surface area contributed by atoms with E-state index in [2.05, 4.69) is 17.2 Å². The van der Waals surface area contributed by atoms with E-state index in [1.54, 1.807) is 0 Å². The van der Waals surface area contributed by atoms with Crippen LogP contribution in [0.3, 0.4) is 0 Å². The van der Waals surface area contributed by atoms with Crippen molar-refractivity contribution in [3.05, 3.63) is 21.7 Å². The molecule has 0 atom stereocenters. The second-order valence-electron chi connectivity index (χ2n) is 1.92. The Bertz CT molecular complexity index is 345. The second-order valence-corrected chi connectivity index (χ2v) is 2.69. The van der Waals surface area contributed by atoms with Crippen molar-refractivity contribution in [1.29, 1.82) is 0 Å². The van der Waals surface area contributed by atoms with Crippen LogP contribution in [0.4, 0.5) is 13.2 Å². The maximum Gasteiger partial charge on any atom is 0.431 e. The molecule has 0 aliphatic rings. The van der Waals surface area contributed by atoms with Gasteiger partial charge in [-0.25, -0.2) is 4.98 Å². The maximum absolute atomic E-state index is 12.0. The van der Waals surface area contributed by atoms with Crippen LogP contribution in [0.5, 0.6) is 0 Å². The fourth-order valence-corrected chi connectivity index (χ4v) is 1.03. The number of hydrogen-bond acceptors (Lipinski definition) is 2. The van der Waals surface area contributed by atoms with E-state index in [4.69, 9.17) is 11.6 Å². The lowest BCUT2D eigenvalue weighted by molar-refractivity contribution is -0.141. The normalized spacial score (nSPS) is 11.7. The fourth-order valence-electron chi connectivity index (χ4n) is 0.580. The van der Waals surface area contributed by atoms with Gasteiger partial charge >= 0.3 is 6.18 Å². The van der Waals surface area contributed by atoms with Crippen LogP contribution in [0.25, 0.3) is 0 Å². The maximum atomic E-state index is 12.0. The van der Waals surface area contributed by atoms with E-state index in [1.165, 1.54) is 0 Å². The van der Waals surface area contributed by atoms with Gasteiger partial charge in [0.05, 0.1) is 0 Å². The third-order valence-corrected chi connectivity index (χ3v) is 1.41. The molecular weight excluding hydrogens is 213 g/mol. The highest BCUT2D eigenvalue weighted by Gasteiger charge is 2.31. The summed E-state index contributed by atoms with van der Waals surface area (Å²) in [5.41, 5.74) is -0.993. The van der Waals surface area contributed by atoms with Gasteiger partial charge in [-0.2, -0.15) is 13.2 Å². The van der Waals surface area contributed by atoms with E-state index in [0.29, 0.717) is 6.07 Å². The zero-order valence-electron chi connectivity index (χ0n) is 5.44. The average Bonchev–Trinajstić information content (AvgIpc) is 1.82. The SMILES string of the molecule is FC(F)(F)c1cc(Cl)nc(=S)[nH]1. The number of hydrogen-bond donors (Lipinski definition) is 1. The Labute approximate surface area is 75.4 Å². The molecule has 2 nitrogen and oxygen atoms in total. The van der Waals surface area contributed by atoms with Crippen LogP contribution in [0.15, 0.2) is 6.07 Å². The number of H-pyrrole nitrogens is 1. The molecule has 0 spiro atoms. The van der Waals surface area contributed by atoms with Crippen LogP contribution in [0.1, 0.15) is 5.69 Å². The van der Waals surface area contributed by atoms with E-state index in [1.807, 2.05) is 4.98 Å². The van der Waals surface area contributed by atoms with Gasteiger partial charge in [0, 0.05) is 6.07 Å². The topological polar surface area (TPSA) is 28.7 Å². The molecule has 0 saturated heterocycles. The van der Waals surface area contributed by atoms with Gasteiger partial charge < -0.3 is 4.98 Å². The second kappa shape index (κ2) is 3.02. The Balaban J connectivity index is 3.27. The minimum absolute atomic E-state index is 0.272. The molecule has 12 heavy (non-hydrogen) atoms. The molecule has 1 aromatic heterocycles. The van der Waals surface area contributed by atoms with Crippen LogP contribution in [0.2, 0.25) is 5.15 Å². The van der Waals surface area contributed by atoms with Crippen molar-refractivity contribution in [2.45, 2.75) is 6.18 Å². The minimum Gasteiger partial charge on any atom is -0.327 e. The third kappa shape index (κ3) is 2.18. The summed E-state index contributed by atoms with van der Waals surface area (Å²) >= 11 is 9.66. The lowest BCUT2D eigenvalue weighted by Gasteiger charge is -2.05.